The highest BCUT2D eigenvalue weighted by molar-refractivity contribution is 7.85. The third kappa shape index (κ3) is 12.5. The predicted molar refractivity (Wildman–Crippen MR) is 147 cm³/mol. The Bertz CT molecular complexity index is 1370. The zero-order valence-electron chi connectivity index (χ0n) is 22.3. The summed E-state index contributed by atoms with van der Waals surface area (Å²) in [5.74, 6) is -1.37. The van der Waals surface area contributed by atoms with E-state index >= 15 is 0 Å². The van der Waals surface area contributed by atoms with Crippen molar-refractivity contribution in [2.24, 2.45) is 0 Å². The summed E-state index contributed by atoms with van der Waals surface area (Å²) in [6.07, 6.45) is 0.715. The lowest BCUT2D eigenvalue weighted by Gasteiger charge is -2.20. The van der Waals surface area contributed by atoms with Crippen LogP contribution in [0.1, 0.15) is 57.4 Å². The summed E-state index contributed by atoms with van der Waals surface area (Å²) < 4.78 is 36.9. The maximum Gasteiger partial charge on any atom is 0.343 e. The summed E-state index contributed by atoms with van der Waals surface area (Å²) in [5.41, 5.74) is 1.80. The number of ketones is 1. The Hall–Kier alpha value is -3.90. The van der Waals surface area contributed by atoms with Crippen LogP contribution in [0, 0.1) is 6.92 Å². The molecule has 0 atom stereocenters. The van der Waals surface area contributed by atoms with Gasteiger partial charge in [0.15, 0.2) is 17.3 Å². The van der Waals surface area contributed by atoms with Gasteiger partial charge in [0.25, 0.3) is 10.1 Å². The average molecular weight is 560 g/mol. The summed E-state index contributed by atoms with van der Waals surface area (Å²) in [7, 11) is -3.67. The molecule has 0 aliphatic carbocycles. The molecule has 0 bridgehead atoms. The van der Waals surface area contributed by atoms with Crippen molar-refractivity contribution >= 4 is 27.8 Å². The monoisotopic (exact) mass is 559 g/mol. The normalized spacial score (nSPS) is 10.8. The second kappa shape index (κ2) is 14.3. The number of hydrogen-bond acceptors (Lipinski definition) is 8. The number of nitrogens with one attached hydrogen (secondary N) is 1. The van der Waals surface area contributed by atoms with Crippen molar-refractivity contribution in [3.63, 3.8) is 0 Å². The molecule has 0 aromatic heterocycles. The maximum atomic E-state index is 12.7. The van der Waals surface area contributed by atoms with Gasteiger partial charge in [-0.1, -0.05) is 35.9 Å². The lowest BCUT2D eigenvalue weighted by molar-refractivity contribution is 0.0682. The number of carbonyl (C=O) groups is 3. The molecule has 0 radical (unpaired) electrons. The standard InChI is InChI=1S/C27H27NO5.CH4O3S.H2O/c1-18-10-12-20(13-11-18)26(31)32-23-15-14-21(22(29)17-28-27(2,3)4)16-24(23)33-25(30)19-8-6-5-7-9-19;1-5(2,3)4;/h5-16,28H,17H2,1-4H3;1H3,(H,2,3,4);1H2. The van der Waals surface area contributed by atoms with E-state index in [9.17, 15) is 22.8 Å². The van der Waals surface area contributed by atoms with Crippen LogP contribution in [0.2, 0.25) is 0 Å². The third-order valence-corrected chi connectivity index (χ3v) is 4.75. The highest BCUT2D eigenvalue weighted by Gasteiger charge is 2.20. The van der Waals surface area contributed by atoms with Crippen molar-refractivity contribution in [3.8, 4) is 11.5 Å². The molecule has 0 fully saturated rings. The van der Waals surface area contributed by atoms with Crippen LogP contribution < -0.4 is 14.8 Å². The van der Waals surface area contributed by atoms with Gasteiger partial charge in [-0.2, -0.15) is 8.42 Å². The fraction of sp³-hybridized carbons (Fsp3) is 0.250. The molecule has 210 valence electrons. The Kier molecular flexibility index (Phi) is 12.2. The van der Waals surface area contributed by atoms with Crippen molar-refractivity contribution < 1.29 is 42.3 Å². The Morgan fingerprint density at radius 3 is 1.77 bits per heavy atom. The Morgan fingerprint density at radius 2 is 1.26 bits per heavy atom. The Labute approximate surface area is 228 Å². The predicted octanol–water partition coefficient (Wildman–Crippen LogP) is 3.68. The largest absolute Gasteiger partial charge is 0.419 e. The van der Waals surface area contributed by atoms with E-state index < -0.39 is 22.1 Å². The zero-order chi connectivity index (χ0) is 28.5. The number of Topliss-reactive ketones (excluding diaryl/α,β-unsaturated/α-hetero) is 1. The molecule has 0 unspecified atom stereocenters. The van der Waals surface area contributed by atoms with Gasteiger partial charge in [0.05, 0.1) is 23.9 Å². The van der Waals surface area contributed by atoms with Gasteiger partial charge >= 0.3 is 11.9 Å². The quantitative estimate of drug-likeness (QED) is 0.190. The van der Waals surface area contributed by atoms with E-state index in [2.05, 4.69) is 5.32 Å². The lowest BCUT2D eigenvalue weighted by Crippen LogP contribution is -2.39. The number of rotatable bonds is 7. The van der Waals surface area contributed by atoms with Gasteiger partial charge in [-0.3, -0.25) is 9.35 Å². The fourth-order valence-corrected chi connectivity index (χ4v) is 2.87. The Morgan fingerprint density at radius 1 is 0.795 bits per heavy atom. The van der Waals surface area contributed by atoms with Crippen LogP contribution in [0.25, 0.3) is 0 Å². The number of esters is 2. The van der Waals surface area contributed by atoms with Gasteiger partial charge in [0.1, 0.15) is 0 Å². The van der Waals surface area contributed by atoms with Crippen molar-refractivity contribution in [3.05, 3.63) is 95.1 Å². The molecule has 3 aromatic rings. The molecular formula is C28H33NO9S. The van der Waals surface area contributed by atoms with Crippen LogP contribution in [0.4, 0.5) is 0 Å². The molecule has 0 saturated heterocycles. The molecule has 0 aliphatic rings. The molecule has 39 heavy (non-hydrogen) atoms. The first-order chi connectivity index (χ1) is 17.6. The van der Waals surface area contributed by atoms with Crippen molar-refractivity contribution in [2.45, 2.75) is 33.2 Å². The van der Waals surface area contributed by atoms with E-state index in [0.717, 1.165) is 5.56 Å². The van der Waals surface area contributed by atoms with Crippen LogP contribution in [-0.4, -0.2) is 54.5 Å². The second-order valence-corrected chi connectivity index (χ2v) is 10.9. The Balaban J connectivity index is 0.00000116. The number of carbonyl (C=O) groups excluding carboxylic acids is 3. The summed E-state index contributed by atoms with van der Waals surface area (Å²) in [4.78, 5) is 37.9. The fourth-order valence-electron chi connectivity index (χ4n) is 2.87. The van der Waals surface area contributed by atoms with Crippen LogP contribution >= 0.6 is 0 Å². The van der Waals surface area contributed by atoms with Gasteiger partial charge in [-0.05, 0) is 70.2 Å². The molecule has 4 N–H and O–H groups in total. The minimum atomic E-state index is -3.67. The SMILES string of the molecule is CS(=O)(=O)O.Cc1ccc(C(=O)Oc2ccc(C(=O)CNC(C)(C)C)cc2OC(=O)c2ccccc2)cc1.O. The molecule has 3 aromatic carbocycles. The molecule has 11 heteroatoms. The van der Waals surface area contributed by atoms with Crippen LogP contribution in [0.5, 0.6) is 11.5 Å². The highest BCUT2D eigenvalue weighted by Crippen LogP contribution is 2.30. The van der Waals surface area contributed by atoms with E-state index in [4.69, 9.17) is 14.0 Å². The minimum absolute atomic E-state index is 0. The minimum Gasteiger partial charge on any atom is -0.419 e. The van der Waals surface area contributed by atoms with Gasteiger partial charge in [0, 0.05) is 11.1 Å². The van der Waals surface area contributed by atoms with E-state index in [-0.39, 0.29) is 34.8 Å². The summed E-state index contributed by atoms with van der Waals surface area (Å²) >= 11 is 0. The first-order valence-electron chi connectivity index (χ1n) is 11.5. The van der Waals surface area contributed by atoms with Crippen LogP contribution in [0.3, 0.4) is 0 Å². The third-order valence-electron chi connectivity index (χ3n) is 4.75. The van der Waals surface area contributed by atoms with Gasteiger partial charge in [-0.25, -0.2) is 9.59 Å². The second-order valence-electron chi connectivity index (χ2n) is 9.43. The molecule has 0 aliphatic heterocycles. The number of benzene rings is 3. The van der Waals surface area contributed by atoms with Gasteiger partial charge < -0.3 is 20.3 Å². The van der Waals surface area contributed by atoms with E-state index in [1.54, 1.807) is 60.7 Å². The van der Waals surface area contributed by atoms with Gasteiger partial charge in [0.2, 0.25) is 0 Å². The smallest absolute Gasteiger partial charge is 0.343 e. The number of hydrogen-bond donors (Lipinski definition) is 2. The maximum absolute atomic E-state index is 12.7. The molecule has 10 nitrogen and oxygen atoms in total. The molecule has 0 amide bonds. The molecule has 0 heterocycles. The summed E-state index contributed by atoms with van der Waals surface area (Å²) in [6, 6.07) is 19.8. The topological polar surface area (TPSA) is 168 Å². The van der Waals surface area contributed by atoms with Crippen LogP contribution in [-0.2, 0) is 10.1 Å². The summed E-state index contributed by atoms with van der Waals surface area (Å²) in [5, 5.41) is 3.14. The van der Waals surface area contributed by atoms with Crippen molar-refractivity contribution in [1.29, 1.82) is 0 Å². The van der Waals surface area contributed by atoms with Crippen molar-refractivity contribution in [2.75, 3.05) is 12.8 Å². The van der Waals surface area contributed by atoms with E-state index in [0.29, 0.717) is 22.9 Å². The highest BCUT2D eigenvalue weighted by atomic mass is 32.2. The number of aryl methyl sites for hydroxylation is 1. The molecule has 0 saturated carbocycles. The molecule has 3 rings (SSSR count). The van der Waals surface area contributed by atoms with Crippen molar-refractivity contribution in [1.82, 2.24) is 5.32 Å². The first-order valence-corrected chi connectivity index (χ1v) is 13.4. The van der Waals surface area contributed by atoms with E-state index in [1.165, 1.54) is 12.1 Å². The first kappa shape index (κ1) is 33.1. The number of ether oxygens (including phenoxy) is 2. The molecular weight excluding hydrogens is 526 g/mol. The zero-order valence-corrected chi connectivity index (χ0v) is 23.2. The van der Waals surface area contributed by atoms with Crippen LogP contribution in [0.15, 0.2) is 72.8 Å². The summed E-state index contributed by atoms with van der Waals surface area (Å²) in [6.45, 7) is 7.90. The average Bonchev–Trinajstić information content (AvgIpc) is 2.83. The molecule has 0 spiro atoms. The van der Waals surface area contributed by atoms with Gasteiger partial charge in [-0.15, -0.1) is 0 Å². The van der Waals surface area contributed by atoms with E-state index in [1.807, 2.05) is 27.7 Å². The lowest BCUT2D eigenvalue weighted by atomic mass is 10.1.